The predicted octanol–water partition coefficient (Wildman–Crippen LogP) is 0.125. The zero-order chi connectivity index (χ0) is 7.40. The fraction of sp³-hybridized carbons (Fsp3) is 0.429. The van der Waals surface area contributed by atoms with Crippen LogP contribution in [0, 0.1) is 5.41 Å². The van der Waals surface area contributed by atoms with E-state index in [1.165, 1.54) is 6.21 Å². The topological polar surface area (TPSA) is 53.0 Å². The van der Waals surface area contributed by atoms with E-state index in [0.29, 0.717) is 6.54 Å². The third kappa shape index (κ3) is 1.30. The highest BCUT2D eigenvalue weighted by Crippen LogP contribution is 2.06. The van der Waals surface area contributed by atoms with Gasteiger partial charge < -0.3 is 10.7 Å². The van der Waals surface area contributed by atoms with Crippen molar-refractivity contribution in [1.29, 1.82) is 5.41 Å². The van der Waals surface area contributed by atoms with E-state index in [9.17, 15) is 4.79 Å². The number of carbonyl (C=O) groups is 1. The molecule has 10 heavy (non-hydrogen) atoms. The molecular formula is C7H10N2O. The molecule has 1 aliphatic rings. The minimum atomic E-state index is 0.664. The second-order valence-electron chi connectivity index (χ2n) is 2.24. The highest BCUT2D eigenvalue weighted by atomic mass is 16.1. The SMILES string of the molecule is N=CC1=C(C=O)CCNC1. The van der Waals surface area contributed by atoms with Crippen LogP contribution in [-0.4, -0.2) is 25.6 Å². The van der Waals surface area contributed by atoms with Gasteiger partial charge in [0.1, 0.15) is 6.29 Å². The van der Waals surface area contributed by atoms with E-state index in [4.69, 9.17) is 5.41 Å². The van der Waals surface area contributed by atoms with Crippen LogP contribution in [0.3, 0.4) is 0 Å². The standard InChI is InChI=1S/C7H10N2O/c8-3-7-4-9-2-1-6(7)5-10/h3,5,8-9H,1-2,4H2. The van der Waals surface area contributed by atoms with Crippen LogP contribution in [0.25, 0.3) is 0 Å². The van der Waals surface area contributed by atoms with E-state index in [2.05, 4.69) is 5.32 Å². The second-order valence-corrected chi connectivity index (χ2v) is 2.24. The first-order valence-electron chi connectivity index (χ1n) is 3.27. The first-order valence-corrected chi connectivity index (χ1v) is 3.27. The molecule has 0 atom stereocenters. The molecule has 0 spiro atoms. The summed E-state index contributed by atoms with van der Waals surface area (Å²) in [7, 11) is 0. The lowest BCUT2D eigenvalue weighted by atomic mass is 10.0. The summed E-state index contributed by atoms with van der Waals surface area (Å²) < 4.78 is 0. The summed E-state index contributed by atoms with van der Waals surface area (Å²) in [5, 5.41) is 10.0. The third-order valence-electron chi connectivity index (χ3n) is 1.62. The molecule has 1 rings (SSSR count). The first kappa shape index (κ1) is 7.15. The van der Waals surface area contributed by atoms with E-state index >= 15 is 0 Å². The average molecular weight is 138 g/mol. The lowest BCUT2D eigenvalue weighted by Crippen LogP contribution is -2.26. The largest absolute Gasteiger partial charge is 0.312 e. The van der Waals surface area contributed by atoms with Crippen molar-refractivity contribution in [2.75, 3.05) is 13.1 Å². The van der Waals surface area contributed by atoms with Gasteiger partial charge in [-0.25, -0.2) is 0 Å². The Labute approximate surface area is 59.6 Å². The summed E-state index contributed by atoms with van der Waals surface area (Å²) in [5.74, 6) is 0. The highest BCUT2D eigenvalue weighted by molar-refractivity contribution is 5.88. The molecule has 54 valence electrons. The zero-order valence-corrected chi connectivity index (χ0v) is 5.68. The maximum absolute atomic E-state index is 10.3. The summed E-state index contributed by atoms with van der Waals surface area (Å²) >= 11 is 0. The Bertz CT molecular complexity index is 164. The number of aldehydes is 1. The van der Waals surface area contributed by atoms with Crippen molar-refractivity contribution in [2.24, 2.45) is 0 Å². The molecule has 1 aliphatic heterocycles. The van der Waals surface area contributed by atoms with Crippen molar-refractivity contribution < 1.29 is 4.79 Å². The van der Waals surface area contributed by atoms with E-state index in [0.717, 1.165) is 30.4 Å². The van der Waals surface area contributed by atoms with Gasteiger partial charge in [0.25, 0.3) is 0 Å². The molecule has 2 N–H and O–H groups in total. The molecule has 0 aromatic carbocycles. The van der Waals surface area contributed by atoms with Gasteiger partial charge in [0.15, 0.2) is 0 Å². The molecule has 0 saturated heterocycles. The molecule has 1 heterocycles. The van der Waals surface area contributed by atoms with Gasteiger partial charge in [-0.3, -0.25) is 4.79 Å². The Hall–Kier alpha value is -0.960. The molecular weight excluding hydrogens is 128 g/mol. The van der Waals surface area contributed by atoms with Crippen molar-refractivity contribution in [1.82, 2.24) is 5.32 Å². The van der Waals surface area contributed by atoms with Crippen molar-refractivity contribution in [3.63, 3.8) is 0 Å². The molecule has 0 fully saturated rings. The summed E-state index contributed by atoms with van der Waals surface area (Å²) in [6.07, 6.45) is 2.85. The van der Waals surface area contributed by atoms with Crippen molar-refractivity contribution in [3.8, 4) is 0 Å². The molecule has 0 amide bonds. The van der Waals surface area contributed by atoms with Gasteiger partial charge >= 0.3 is 0 Å². The average Bonchev–Trinajstić information content (AvgIpc) is 2.04. The fourth-order valence-corrected chi connectivity index (χ4v) is 0.999. The molecule has 0 saturated carbocycles. The minimum Gasteiger partial charge on any atom is -0.312 e. The number of hydrogen-bond acceptors (Lipinski definition) is 3. The summed E-state index contributed by atoms with van der Waals surface area (Å²) in [4.78, 5) is 10.3. The van der Waals surface area contributed by atoms with Gasteiger partial charge in [0.05, 0.1) is 0 Å². The van der Waals surface area contributed by atoms with Crippen LogP contribution in [-0.2, 0) is 4.79 Å². The van der Waals surface area contributed by atoms with Gasteiger partial charge in [-0.2, -0.15) is 0 Å². The Morgan fingerprint density at radius 1 is 1.50 bits per heavy atom. The Morgan fingerprint density at radius 3 is 2.80 bits per heavy atom. The van der Waals surface area contributed by atoms with Crippen LogP contribution < -0.4 is 5.32 Å². The zero-order valence-electron chi connectivity index (χ0n) is 5.68. The first-order chi connectivity index (χ1) is 4.88. The highest BCUT2D eigenvalue weighted by Gasteiger charge is 2.08. The number of nitrogens with one attached hydrogen (secondary N) is 2. The number of hydrogen-bond donors (Lipinski definition) is 2. The second kappa shape index (κ2) is 3.27. The fourth-order valence-electron chi connectivity index (χ4n) is 0.999. The Balaban J connectivity index is 2.81. The maximum Gasteiger partial charge on any atom is 0.146 e. The molecule has 0 bridgehead atoms. The Kier molecular flexibility index (Phi) is 2.34. The minimum absolute atomic E-state index is 0.664. The van der Waals surface area contributed by atoms with E-state index in [1.54, 1.807) is 0 Å². The smallest absolute Gasteiger partial charge is 0.146 e. The summed E-state index contributed by atoms with van der Waals surface area (Å²) in [6.45, 7) is 1.52. The maximum atomic E-state index is 10.3. The van der Waals surface area contributed by atoms with Gasteiger partial charge in [-0.05, 0) is 24.1 Å². The van der Waals surface area contributed by atoms with Crippen molar-refractivity contribution >= 4 is 12.5 Å². The molecule has 0 unspecified atom stereocenters. The normalized spacial score (nSPS) is 18.8. The van der Waals surface area contributed by atoms with Crippen LogP contribution in [0.4, 0.5) is 0 Å². The lowest BCUT2D eigenvalue weighted by Gasteiger charge is -2.13. The van der Waals surface area contributed by atoms with Crippen LogP contribution >= 0.6 is 0 Å². The quantitative estimate of drug-likeness (QED) is 0.421. The van der Waals surface area contributed by atoms with Gasteiger partial charge in [0.2, 0.25) is 0 Å². The van der Waals surface area contributed by atoms with Crippen LogP contribution in [0.2, 0.25) is 0 Å². The van der Waals surface area contributed by atoms with Gasteiger partial charge in [0, 0.05) is 12.8 Å². The van der Waals surface area contributed by atoms with Crippen LogP contribution in [0.5, 0.6) is 0 Å². The van der Waals surface area contributed by atoms with Gasteiger partial charge in [-0.15, -0.1) is 0 Å². The number of carbonyl (C=O) groups excluding carboxylic acids is 1. The third-order valence-corrected chi connectivity index (χ3v) is 1.62. The Morgan fingerprint density at radius 2 is 2.30 bits per heavy atom. The summed E-state index contributed by atoms with van der Waals surface area (Å²) in [6, 6.07) is 0. The van der Waals surface area contributed by atoms with Gasteiger partial charge in [-0.1, -0.05) is 0 Å². The lowest BCUT2D eigenvalue weighted by molar-refractivity contribution is -0.105. The molecule has 0 aliphatic carbocycles. The molecule has 0 aromatic rings. The predicted molar refractivity (Wildman–Crippen MR) is 39.4 cm³/mol. The van der Waals surface area contributed by atoms with E-state index < -0.39 is 0 Å². The monoisotopic (exact) mass is 138 g/mol. The molecule has 0 radical (unpaired) electrons. The van der Waals surface area contributed by atoms with Crippen molar-refractivity contribution in [3.05, 3.63) is 11.1 Å². The van der Waals surface area contributed by atoms with E-state index in [-0.39, 0.29) is 0 Å². The van der Waals surface area contributed by atoms with Crippen molar-refractivity contribution in [2.45, 2.75) is 6.42 Å². The molecule has 3 nitrogen and oxygen atoms in total. The molecule has 0 aromatic heterocycles. The number of rotatable bonds is 2. The molecule has 3 heteroatoms. The van der Waals surface area contributed by atoms with Crippen LogP contribution in [0.1, 0.15) is 6.42 Å². The summed E-state index contributed by atoms with van der Waals surface area (Å²) in [5.41, 5.74) is 1.59. The van der Waals surface area contributed by atoms with E-state index in [1.807, 2.05) is 0 Å². The van der Waals surface area contributed by atoms with Crippen LogP contribution in [0.15, 0.2) is 11.1 Å².